The molecule has 0 spiro atoms. The van der Waals surface area contributed by atoms with E-state index in [0.717, 1.165) is 29.8 Å². The van der Waals surface area contributed by atoms with Gasteiger partial charge in [-0.1, -0.05) is 23.7 Å². The normalized spacial score (nSPS) is 11.0. The van der Waals surface area contributed by atoms with Crippen LogP contribution < -0.4 is 5.32 Å². The lowest BCUT2D eigenvalue weighted by molar-refractivity contribution is -0.148. The van der Waals surface area contributed by atoms with Crippen LogP contribution in [0, 0.1) is 5.82 Å². The second-order valence-corrected chi connectivity index (χ2v) is 8.13. The van der Waals surface area contributed by atoms with Crippen LogP contribution in [0.4, 0.5) is 4.39 Å². The number of rotatable bonds is 8. The van der Waals surface area contributed by atoms with Crippen LogP contribution >= 0.6 is 11.6 Å². The maximum atomic E-state index is 12.8. The van der Waals surface area contributed by atoms with E-state index in [1.807, 2.05) is 0 Å². The van der Waals surface area contributed by atoms with Crippen molar-refractivity contribution in [1.82, 2.24) is 5.32 Å². The molecule has 0 bridgehead atoms. The first-order valence-electron chi connectivity index (χ1n) is 7.91. The predicted molar refractivity (Wildman–Crippen MR) is 97.3 cm³/mol. The van der Waals surface area contributed by atoms with E-state index in [2.05, 4.69) is 5.32 Å². The fourth-order valence-electron chi connectivity index (χ4n) is 2.05. The highest BCUT2D eigenvalue weighted by atomic mass is 35.5. The lowest BCUT2D eigenvalue weighted by Crippen LogP contribution is -2.28. The van der Waals surface area contributed by atoms with Crippen molar-refractivity contribution < 1.29 is 27.1 Å². The number of ether oxygens (including phenoxy) is 1. The number of amides is 1. The predicted octanol–water partition coefficient (Wildman–Crippen LogP) is 2.50. The molecule has 0 saturated heterocycles. The van der Waals surface area contributed by atoms with Crippen molar-refractivity contribution in [3.63, 3.8) is 0 Å². The van der Waals surface area contributed by atoms with Crippen molar-refractivity contribution in [3.05, 3.63) is 64.9 Å². The Hall–Kier alpha value is -2.45. The van der Waals surface area contributed by atoms with E-state index in [-0.39, 0.29) is 11.4 Å². The maximum absolute atomic E-state index is 12.8. The van der Waals surface area contributed by atoms with Gasteiger partial charge in [-0.25, -0.2) is 12.8 Å². The fraction of sp³-hybridized carbons (Fsp3) is 0.222. The quantitative estimate of drug-likeness (QED) is 0.530. The van der Waals surface area contributed by atoms with E-state index in [9.17, 15) is 22.4 Å². The Kier molecular flexibility index (Phi) is 7.32. The Labute approximate surface area is 161 Å². The van der Waals surface area contributed by atoms with Gasteiger partial charge in [0.15, 0.2) is 16.4 Å². The molecule has 2 aromatic carbocycles. The zero-order chi connectivity index (χ0) is 19.9. The summed E-state index contributed by atoms with van der Waals surface area (Å²) in [7, 11) is -3.74. The molecule has 6 nitrogen and oxygen atoms in total. The standard InChI is InChI=1S/C18H17ClFNO5S/c19-14-3-1-13(2-4-14)11-21-17(22)12-26-18(23)9-10-27(24,25)16-7-5-15(20)6-8-16/h1-8H,9-12H2,(H,21,22). The van der Waals surface area contributed by atoms with E-state index in [1.54, 1.807) is 24.3 Å². The van der Waals surface area contributed by atoms with Crippen LogP contribution in [-0.2, 0) is 30.7 Å². The van der Waals surface area contributed by atoms with Gasteiger partial charge in [-0.05, 0) is 42.0 Å². The highest BCUT2D eigenvalue weighted by Gasteiger charge is 2.17. The number of benzene rings is 2. The minimum atomic E-state index is -3.74. The van der Waals surface area contributed by atoms with Gasteiger partial charge in [0.2, 0.25) is 0 Å². The molecule has 0 aliphatic carbocycles. The molecule has 0 unspecified atom stereocenters. The number of hydrogen-bond donors (Lipinski definition) is 1. The summed E-state index contributed by atoms with van der Waals surface area (Å²) in [6.45, 7) is -0.268. The molecule has 144 valence electrons. The molecule has 2 rings (SSSR count). The average molecular weight is 414 g/mol. The van der Waals surface area contributed by atoms with Gasteiger partial charge in [-0.2, -0.15) is 0 Å². The fourth-order valence-corrected chi connectivity index (χ4v) is 3.40. The molecule has 0 fully saturated rings. The minimum Gasteiger partial charge on any atom is -0.456 e. The molecule has 9 heteroatoms. The van der Waals surface area contributed by atoms with Crippen LogP contribution in [0.5, 0.6) is 0 Å². The Bertz CT molecular complexity index is 898. The van der Waals surface area contributed by atoms with E-state index in [4.69, 9.17) is 16.3 Å². The Morgan fingerprint density at radius 3 is 2.30 bits per heavy atom. The van der Waals surface area contributed by atoms with Crippen molar-refractivity contribution in [1.29, 1.82) is 0 Å². The number of sulfone groups is 1. The summed E-state index contributed by atoms with van der Waals surface area (Å²) in [5.74, 6) is -2.39. The number of esters is 1. The van der Waals surface area contributed by atoms with Crippen LogP contribution in [0.3, 0.4) is 0 Å². The van der Waals surface area contributed by atoms with E-state index < -0.39 is 46.3 Å². The average Bonchev–Trinajstić information content (AvgIpc) is 2.64. The molecular formula is C18H17ClFNO5S. The number of hydrogen-bond acceptors (Lipinski definition) is 5. The van der Waals surface area contributed by atoms with Gasteiger partial charge in [0.25, 0.3) is 5.91 Å². The van der Waals surface area contributed by atoms with Crippen LogP contribution in [0.1, 0.15) is 12.0 Å². The molecule has 0 radical (unpaired) electrons. The number of carbonyl (C=O) groups is 2. The van der Waals surface area contributed by atoms with Gasteiger partial charge < -0.3 is 10.1 Å². The van der Waals surface area contributed by atoms with Crippen LogP contribution in [0.2, 0.25) is 5.02 Å². The van der Waals surface area contributed by atoms with Gasteiger partial charge in [0.1, 0.15) is 5.82 Å². The second-order valence-electron chi connectivity index (χ2n) is 5.59. The van der Waals surface area contributed by atoms with Gasteiger partial charge in [0.05, 0.1) is 17.1 Å². The van der Waals surface area contributed by atoms with Gasteiger partial charge in [-0.3, -0.25) is 9.59 Å². The Morgan fingerprint density at radius 1 is 1.04 bits per heavy atom. The third-order valence-corrected chi connectivity index (χ3v) is 5.50. The molecular weight excluding hydrogens is 397 g/mol. The van der Waals surface area contributed by atoms with Gasteiger partial charge in [0, 0.05) is 11.6 Å². The van der Waals surface area contributed by atoms with Crippen molar-refractivity contribution >= 4 is 33.3 Å². The summed E-state index contributed by atoms with van der Waals surface area (Å²) in [6.07, 6.45) is -0.413. The topological polar surface area (TPSA) is 89.5 Å². The summed E-state index contributed by atoms with van der Waals surface area (Å²) in [5, 5.41) is 3.14. The first kappa shape index (κ1) is 20.9. The van der Waals surface area contributed by atoms with Crippen LogP contribution in [0.15, 0.2) is 53.4 Å². The third-order valence-electron chi connectivity index (χ3n) is 3.51. The molecule has 0 aliphatic rings. The Balaban J connectivity index is 1.72. The molecule has 1 N–H and O–H groups in total. The van der Waals surface area contributed by atoms with Crippen molar-refractivity contribution in [3.8, 4) is 0 Å². The highest BCUT2D eigenvalue weighted by molar-refractivity contribution is 7.91. The molecule has 1 amide bonds. The molecule has 0 saturated carbocycles. The maximum Gasteiger partial charge on any atom is 0.307 e. The summed E-state index contributed by atoms with van der Waals surface area (Å²) >= 11 is 5.76. The SMILES string of the molecule is O=C(COC(=O)CCS(=O)(=O)c1ccc(F)cc1)NCc1ccc(Cl)cc1. The molecule has 0 aliphatic heterocycles. The summed E-state index contributed by atoms with van der Waals surface area (Å²) in [6, 6.07) is 11.2. The van der Waals surface area contributed by atoms with Gasteiger partial charge in [-0.15, -0.1) is 0 Å². The number of halogens is 2. The lowest BCUT2D eigenvalue weighted by atomic mass is 10.2. The largest absolute Gasteiger partial charge is 0.456 e. The summed E-state index contributed by atoms with van der Waals surface area (Å²) < 4.78 is 41.7. The molecule has 27 heavy (non-hydrogen) atoms. The zero-order valence-corrected chi connectivity index (χ0v) is 15.7. The molecule has 2 aromatic rings. The lowest BCUT2D eigenvalue weighted by Gasteiger charge is -2.07. The second kappa shape index (κ2) is 9.48. The van der Waals surface area contributed by atoms with E-state index in [0.29, 0.717) is 5.02 Å². The summed E-state index contributed by atoms with van der Waals surface area (Å²) in [5.41, 5.74) is 0.824. The van der Waals surface area contributed by atoms with Crippen LogP contribution in [-0.4, -0.2) is 32.7 Å². The van der Waals surface area contributed by atoms with Crippen molar-refractivity contribution in [2.75, 3.05) is 12.4 Å². The van der Waals surface area contributed by atoms with E-state index in [1.165, 1.54) is 0 Å². The van der Waals surface area contributed by atoms with Gasteiger partial charge >= 0.3 is 5.97 Å². The third kappa shape index (κ3) is 6.99. The Morgan fingerprint density at radius 2 is 1.67 bits per heavy atom. The summed E-state index contributed by atoms with van der Waals surface area (Å²) in [4.78, 5) is 23.2. The number of carbonyl (C=O) groups excluding carboxylic acids is 2. The van der Waals surface area contributed by atoms with Crippen LogP contribution in [0.25, 0.3) is 0 Å². The molecule has 0 atom stereocenters. The monoisotopic (exact) mass is 413 g/mol. The first-order valence-corrected chi connectivity index (χ1v) is 9.94. The van der Waals surface area contributed by atoms with Crippen molar-refractivity contribution in [2.45, 2.75) is 17.9 Å². The molecule has 0 aromatic heterocycles. The number of nitrogens with one attached hydrogen (secondary N) is 1. The smallest absolute Gasteiger partial charge is 0.307 e. The highest BCUT2D eigenvalue weighted by Crippen LogP contribution is 2.13. The first-order chi connectivity index (χ1) is 12.8. The van der Waals surface area contributed by atoms with E-state index >= 15 is 0 Å². The zero-order valence-electron chi connectivity index (χ0n) is 14.2. The van der Waals surface area contributed by atoms with Crippen molar-refractivity contribution in [2.24, 2.45) is 0 Å². The molecule has 0 heterocycles. The minimum absolute atomic E-state index is 0.0857.